The molecule has 1 N–H and O–H groups in total. The van der Waals surface area contributed by atoms with E-state index in [4.69, 9.17) is 4.74 Å². The summed E-state index contributed by atoms with van der Waals surface area (Å²) in [5, 5.41) is 2.86. The molecule has 20 heavy (non-hydrogen) atoms. The average molecular weight is 334 g/mol. The lowest BCUT2D eigenvalue weighted by Crippen LogP contribution is -2.11. The highest BCUT2D eigenvalue weighted by Crippen LogP contribution is 2.19. The Labute approximate surface area is 127 Å². The normalized spacial score (nSPS) is 10.1. The SMILES string of the molecule is CCCOc1cccc(NC(=O)c2cccc(Br)c2)c1. The minimum Gasteiger partial charge on any atom is -0.494 e. The second-order valence-electron chi connectivity index (χ2n) is 4.34. The van der Waals surface area contributed by atoms with E-state index in [9.17, 15) is 4.79 Å². The highest BCUT2D eigenvalue weighted by atomic mass is 79.9. The number of hydrogen-bond acceptors (Lipinski definition) is 2. The Bertz CT molecular complexity index is 599. The van der Waals surface area contributed by atoms with E-state index in [1.54, 1.807) is 12.1 Å². The Morgan fingerprint density at radius 2 is 2.00 bits per heavy atom. The van der Waals surface area contributed by atoms with Crippen molar-refractivity contribution in [3.63, 3.8) is 0 Å². The summed E-state index contributed by atoms with van der Waals surface area (Å²) in [6, 6.07) is 14.7. The van der Waals surface area contributed by atoms with Crippen molar-refractivity contribution in [3.8, 4) is 5.75 Å². The van der Waals surface area contributed by atoms with Crippen molar-refractivity contribution < 1.29 is 9.53 Å². The topological polar surface area (TPSA) is 38.3 Å². The quantitative estimate of drug-likeness (QED) is 0.875. The summed E-state index contributed by atoms with van der Waals surface area (Å²) in [7, 11) is 0. The molecule has 0 aliphatic rings. The van der Waals surface area contributed by atoms with Gasteiger partial charge in [0, 0.05) is 21.8 Å². The van der Waals surface area contributed by atoms with Gasteiger partial charge < -0.3 is 10.1 Å². The lowest BCUT2D eigenvalue weighted by Gasteiger charge is -2.08. The fourth-order valence-electron chi connectivity index (χ4n) is 1.72. The van der Waals surface area contributed by atoms with E-state index in [-0.39, 0.29) is 5.91 Å². The molecule has 0 saturated carbocycles. The monoisotopic (exact) mass is 333 g/mol. The number of anilines is 1. The molecule has 3 nitrogen and oxygen atoms in total. The molecule has 0 aromatic heterocycles. The van der Waals surface area contributed by atoms with Gasteiger partial charge in [0.25, 0.3) is 5.91 Å². The number of nitrogens with one attached hydrogen (secondary N) is 1. The van der Waals surface area contributed by atoms with E-state index in [1.807, 2.05) is 36.4 Å². The van der Waals surface area contributed by atoms with Gasteiger partial charge in [0.2, 0.25) is 0 Å². The van der Waals surface area contributed by atoms with Gasteiger partial charge in [-0.2, -0.15) is 0 Å². The van der Waals surface area contributed by atoms with Gasteiger partial charge in [-0.3, -0.25) is 4.79 Å². The maximum atomic E-state index is 12.1. The third-order valence-electron chi connectivity index (χ3n) is 2.65. The van der Waals surface area contributed by atoms with Crippen LogP contribution in [0.1, 0.15) is 23.7 Å². The van der Waals surface area contributed by atoms with Gasteiger partial charge in [0.05, 0.1) is 6.61 Å². The van der Waals surface area contributed by atoms with Crippen LogP contribution in [-0.2, 0) is 0 Å². The van der Waals surface area contributed by atoms with Crippen molar-refractivity contribution in [2.75, 3.05) is 11.9 Å². The number of halogens is 1. The number of carbonyl (C=O) groups excluding carboxylic acids is 1. The summed E-state index contributed by atoms with van der Waals surface area (Å²) >= 11 is 3.36. The van der Waals surface area contributed by atoms with Gasteiger partial charge in [-0.05, 0) is 36.8 Å². The largest absolute Gasteiger partial charge is 0.494 e. The van der Waals surface area contributed by atoms with Gasteiger partial charge in [0.15, 0.2) is 0 Å². The summed E-state index contributed by atoms with van der Waals surface area (Å²) in [5.41, 5.74) is 1.34. The molecule has 0 aliphatic carbocycles. The molecule has 2 aromatic rings. The molecule has 0 aliphatic heterocycles. The van der Waals surface area contributed by atoms with Crippen LogP contribution < -0.4 is 10.1 Å². The zero-order valence-corrected chi connectivity index (χ0v) is 12.8. The third kappa shape index (κ3) is 4.10. The predicted molar refractivity (Wildman–Crippen MR) is 84.3 cm³/mol. The van der Waals surface area contributed by atoms with Crippen LogP contribution in [-0.4, -0.2) is 12.5 Å². The van der Waals surface area contributed by atoms with Crippen LogP contribution in [0.15, 0.2) is 53.0 Å². The standard InChI is InChI=1S/C16H16BrNO2/c1-2-9-20-15-8-4-7-14(11-15)18-16(19)12-5-3-6-13(17)10-12/h3-8,10-11H,2,9H2,1H3,(H,18,19). The van der Waals surface area contributed by atoms with Gasteiger partial charge in [0.1, 0.15) is 5.75 Å². The zero-order valence-electron chi connectivity index (χ0n) is 11.2. The Kier molecular flexibility index (Phi) is 5.18. The summed E-state index contributed by atoms with van der Waals surface area (Å²) in [4.78, 5) is 12.1. The lowest BCUT2D eigenvalue weighted by molar-refractivity contribution is 0.102. The molecular formula is C16H16BrNO2. The van der Waals surface area contributed by atoms with Crippen molar-refractivity contribution >= 4 is 27.5 Å². The first-order chi connectivity index (χ1) is 9.69. The molecule has 0 fully saturated rings. The molecule has 104 valence electrons. The van der Waals surface area contributed by atoms with E-state index < -0.39 is 0 Å². The van der Waals surface area contributed by atoms with Gasteiger partial charge in [-0.1, -0.05) is 35.0 Å². The molecule has 0 heterocycles. The first kappa shape index (κ1) is 14.6. The summed E-state index contributed by atoms with van der Waals surface area (Å²) in [5.74, 6) is 0.623. The number of benzene rings is 2. The second-order valence-corrected chi connectivity index (χ2v) is 5.26. The van der Waals surface area contributed by atoms with Gasteiger partial charge in [-0.25, -0.2) is 0 Å². The molecule has 0 atom stereocenters. The highest BCUT2D eigenvalue weighted by molar-refractivity contribution is 9.10. The Hall–Kier alpha value is -1.81. The number of hydrogen-bond donors (Lipinski definition) is 1. The third-order valence-corrected chi connectivity index (χ3v) is 3.14. The van der Waals surface area contributed by atoms with Crippen molar-refractivity contribution in [2.24, 2.45) is 0 Å². The van der Waals surface area contributed by atoms with Crippen molar-refractivity contribution in [1.82, 2.24) is 0 Å². The van der Waals surface area contributed by atoms with Crippen LogP contribution in [0.5, 0.6) is 5.75 Å². The fourth-order valence-corrected chi connectivity index (χ4v) is 2.12. The van der Waals surface area contributed by atoms with Crippen LogP contribution in [0.25, 0.3) is 0 Å². The van der Waals surface area contributed by atoms with Crippen LogP contribution in [0.4, 0.5) is 5.69 Å². The van der Waals surface area contributed by atoms with E-state index in [2.05, 4.69) is 28.2 Å². The minimum atomic E-state index is -0.140. The first-order valence-electron chi connectivity index (χ1n) is 6.49. The maximum Gasteiger partial charge on any atom is 0.255 e. The number of carbonyl (C=O) groups is 1. The molecule has 0 unspecified atom stereocenters. The minimum absolute atomic E-state index is 0.140. The van der Waals surface area contributed by atoms with E-state index in [0.29, 0.717) is 12.2 Å². The van der Waals surface area contributed by atoms with Crippen molar-refractivity contribution in [2.45, 2.75) is 13.3 Å². The van der Waals surface area contributed by atoms with E-state index in [0.717, 1.165) is 22.3 Å². The van der Waals surface area contributed by atoms with E-state index >= 15 is 0 Å². The van der Waals surface area contributed by atoms with Crippen molar-refractivity contribution in [1.29, 1.82) is 0 Å². The fraction of sp³-hybridized carbons (Fsp3) is 0.188. The molecular weight excluding hydrogens is 318 g/mol. The maximum absolute atomic E-state index is 12.1. The number of ether oxygens (including phenoxy) is 1. The van der Waals surface area contributed by atoms with Crippen molar-refractivity contribution in [3.05, 3.63) is 58.6 Å². The molecule has 0 spiro atoms. The summed E-state index contributed by atoms with van der Waals surface area (Å²) < 4.78 is 6.42. The molecule has 0 saturated heterocycles. The summed E-state index contributed by atoms with van der Waals surface area (Å²) in [6.45, 7) is 2.72. The second kappa shape index (κ2) is 7.10. The molecule has 0 radical (unpaired) electrons. The Morgan fingerprint density at radius 1 is 1.20 bits per heavy atom. The van der Waals surface area contributed by atoms with Crippen LogP contribution >= 0.6 is 15.9 Å². The predicted octanol–water partition coefficient (Wildman–Crippen LogP) is 4.49. The molecule has 2 aromatic carbocycles. The van der Waals surface area contributed by atoms with E-state index in [1.165, 1.54) is 0 Å². The van der Waals surface area contributed by atoms with Crippen LogP contribution in [0.2, 0.25) is 0 Å². The molecule has 0 bridgehead atoms. The highest BCUT2D eigenvalue weighted by Gasteiger charge is 2.06. The lowest BCUT2D eigenvalue weighted by atomic mass is 10.2. The molecule has 1 amide bonds. The van der Waals surface area contributed by atoms with Gasteiger partial charge in [-0.15, -0.1) is 0 Å². The number of rotatable bonds is 5. The Morgan fingerprint density at radius 3 is 2.75 bits per heavy atom. The van der Waals surface area contributed by atoms with Gasteiger partial charge >= 0.3 is 0 Å². The first-order valence-corrected chi connectivity index (χ1v) is 7.28. The molecule has 4 heteroatoms. The average Bonchev–Trinajstić information content (AvgIpc) is 2.45. The number of amides is 1. The van der Waals surface area contributed by atoms with Crippen LogP contribution in [0, 0.1) is 0 Å². The summed E-state index contributed by atoms with van der Waals surface area (Å²) in [6.07, 6.45) is 0.953. The van der Waals surface area contributed by atoms with Crippen LogP contribution in [0.3, 0.4) is 0 Å². The molecule has 2 rings (SSSR count). The smallest absolute Gasteiger partial charge is 0.255 e. The zero-order chi connectivity index (χ0) is 14.4. The Balaban J connectivity index is 2.07.